The number of carbonyl (C=O) groups excluding carboxylic acids is 1. The maximum atomic E-state index is 13.2. The lowest BCUT2D eigenvalue weighted by Gasteiger charge is -2.10. The smallest absolute Gasteiger partial charge is 0.263 e. The van der Waals surface area contributed by atoms with Gasteiger partial charge in [0.2, 0.25) is 5.91 Å². The molecule has 0 unspecified atom stereocenters. The van der Waals surface area contributed by atoms with Crippen molar-refractivity contribution < 1.29 is 4.79 Å². The Bertz CT molecular complexity index is 1280. The summed E-state index contributed by atoms with van der Waals surface area (Å²) in [5.41, 5.74) is 3.28. The first-order valence-electron chi connectivity index (χ1n) is 9.39. The van der Waals surface area contributed by atoms with Crippen LogP contribution in [0.25, 0.3) is 20.7 Å². The Morgan fingerprint density at radius 2 is 2.10 bits per heavy atom. The maximum Gasteiger partial charge on any atom is 0.263 e. The highest BCUT2D eigenvalue weighted by Crippen LogP contribution is 2.34. The van der Waals surface area contributed by atoms with Crippen LogP contribution < -0.4 is 10.9 Å². The lowest BCUT2D eigenvalue weighted by atomic mass is 10.2. The van der Waals surface area contributed by atoms with Crippen molar-refractivity contribution in [2.75, 3.05) is 11.1 Å². The van der Waals surface area contributed by atoms with Crippen LogP contribution in [0, 0.1) is 13.8 Å². The SMILES string of the molecule is CCn1c(SCC(=O)Nc2c(C)nn(C)c2C)nc2scc(-c3cccs3)c2c1=O. The van der Waals surface area contributed by atoms with Gasteiger partial charge >= 0.3 is 0 Å². The van der Waals surface area contributed by atoms with Crippen LogP contribution in [0.4, 0.5) is 5.69 Å². The Kier molecular flexibility index (Phi) is 5.81. The average molecular weight is 460 g/mol. The molecule has 4 rings (SSSR count). The fourth-order valence-electron chi connectivity index (χ4n) is 3.27. The van der Waals surface area contributed by atoms with Gasteiger partial charge in [0.05, 0.1) is 28.2 Å². The number of aryl methyl sites for hydroxylation is 2. The Morgan fingerprint density at radius 1 is 1.30 bits per heavy atom. The molecule has 0 saturated heterocycles. The topological polar surface area (TPSA) is 81.8 Å². The van der Waals surface area contributed by atoms with Crippen molar-refractivity contribution in [3.05, 3.63) is 44.6 Å². The lowest BCUT2D eigenvalue weighted by molar-refractivity contribution is -0.113. The summed E-state index contributed by atoms with van der Waals surface area (Å²) >= 11 is 4.34. The van der Waals surface area contributed by atoms with Gasteiger partial charge in [-0.15, -0.1) is 22.7 Å². The van der Waals surface area contributed by atoms with Crippen LogP contribution in [0.1, 0.15) is 18.3 Å². The highest BCUT2D eigenvalue weighted by atomic mass is 32.2. The van der Waals surface area contributed by atoms with E-state index in [-0.39, 0.29) is 17.2 Å². The van der Waals surface area contributed by atoms with Gasteiger partial charge in [-0.1, -0.05) is 17.8 Å². The molecule has 0 radical (unpaired) electrons. The summed E-state index contributed by atoms with van der Waals surface area (Å²) in [7, 11) is 1.84. The normalized spacial score (nSPS) is 11.3. The number of rotatable bonds is 6. The zero-order chi connectivity index (χ0) is 21.4. The number of nitrogens with one attached hydrogen (secondary N) is 1. The van der Waals surface area contributed by atoms with Gasteiger partial charge in [-0.05, 0) is 32.2 Å². The molecule has 4 heterocycles. The standard InChI is InChI=1S/C20H21N5O2S3/c1-5-25-19(27)16-13(14-7-6-8-28-14)9-29-18(16)22-20(25)30-10-15(26)21-17-11(2)23-24(4)12(17)3/h6-9H,5,10H2,1-4H3,(H,21,26). The third kappa shape index (κ3) is 3.70. The minimum Gasteiger partial charge on any atom is -0.322 e. The minimum absolute atomic E-state index is 0.0611. The Hall–Kier alpha value is -2.43. The molecule has 0 aliphatic heterocycles. The molecule has 0 aliphatic carbocycles. The highest BCUT2D eigenvalue weighted by Gasteiger charge is 2.19. The van der Waals surface area contributed by atoms with Gasteiger partial charge in [-0.3, -0.25) is 18.8 Å². The first-order chi connectivity index (χ1) is 14.4. The van der Waals surface area contributed by atoms with E-state index in [1.807, 2.05) is 50.7 Å². The molecule has 30 heavy (non-hydrogen) atoms. The first-order valence-corrected chi connectivity index (χ1v) is 12.1. The molecule has 0 aliphatic rings. The molecule has 1 N–H and O–H groups in total. The van der Waals surface area contributed by atoms with E-state index >= 15 is 0 Å². The predicted octanol–water partition coefficient (Wildman–Crippen LogP) is 4.29. The fraction of sp³-hybridized carbons (Fsp3) is 0.300. The van der Waals surface area contributed by atoms with Crippen molar-refractivity contribution >= 4 is 56.2 Å². The van der Waals surface area contributed by atoms with E-state index in [1.165, 1.54) is 23.1 Å². The highest BCUT2D eigenvalue weighted by molar-refractivity contribution is 7.99. The third-order valence-electron chi connectivity index (χ3n) is 4.87. The second kappa shape index (κ2) is 8.37. The van der Waals surface area contributed by atoms with Gasteiger partial charge in [0, 0.05) is 29.4 Å². The largest absolute Gasteiger partial charge is 0.322 e. The summed E-state index contributed by atoms with van der Waals surface area (Å²) in [6, 6.07) is 3.99. The number of thioether (sulfide) groups is 1. The number of amides is 1. The van der Waals surface area contributed by atoms with Gasteiger partial charge in [-0.2, -0.15) is 5.10 Å². The van der Waals surface area contributed by atoms with Crippen LogP contribution in [-0.4, -0.2) is 31.0 Å². The van der Waals surface area contributed by atoms with Crippen molar-refractivity contribution in [3.8, 4) is 10.4 Å². The molecule has 0 spiro atoms. The molecular formula is C20H21N5O2S3. The molecular weight excluding hydrogens is 438 g/mol. The van der Waals surface area contributed by atoms with E-state index in [1.54, 1.807) is 20.6 Å². The van der Waals surface area contributed by atoms with E-state index in [0.29, 0.717) is 21.9 Å². The Balaban J connectivity index is 1.60. The number of fused-ring (bicyclic) bond motifs is 1. The summed E-state index contributed by atoms with van der Waals surface area (Å²) in [5, 5.41) is 12.4. The number of aromatic nitrogens is 4. The van der Waals surface area contributed by atoms with Crippen LogP contribution in [0.15, 0.2) is 32.8 Å². The molecule has 0 bridgehead atoms. The molecule has 4 aromatic heterocycles. The van der Waals surface area contributed by atoms with Crippen LogP contribution >= 0.6 is 34.4 Å². The molecule has 0 aromatic carbocycles. The van der Waals surface area contributed by atoms with Gasteiger partial charge in [0.25, 0.3) is 5.56 Å². The monoisotopic (exact) mass is 459 g/mol. The summed E-state index contributed by atoms with van der Waals surface area (Å²) in [5.74, 6) is 0.0103. The zero-order valence-corrected chi connectivity index (χ0v) is 19.5. The van der Waals surface area contributed by atoms with E-state index in [2.05, 4.69) is 10.4 Å². The Labute approximate surface area is 185 Å². The number of anilines is 1. The first kappa shape index (κ1) is 20.8. The third-order valence-corrected chi connectivity index (χ3v) is 7.62. The van der Waals surface area contributed by atoms with Crippen LogP contribution in [-0.2, 0) is 18.4 Å². The molecule has 0 saturated carbocycles. The number of carbonyl (C=O) groups is 1. The van der Waals surface area contributed by atoms with Gasteiger partial charge in [-0.25, -0.2) is 4.98 Å². The van der Waals surface area contributed by atoms with Crippen LogP contribution in [0.3, 0.4) is 0 Å². The van der Waals surface area contributed by atoms with Gasteiger partial charge in [0.15, 0.2) is 5.16 Å². The fourth-order valence-corrected chi connectivity index (χ4v) is 5.93. The number of hydrogen-bond acceptors (Lipinski definition) is 7. The van der Waals surface area contributed by atoms with Crippen molar-refractivity contribution in [2.24, 2.45) is 7.05 Å². The number of thiophene rings is 2. The number of nitrogens with zero attached hydrogens (tertiary/aromatic N) is 4. The van der Waals surface area contributed by atoms with Crippen LogP contribution in [0.5, 0.6) is 0 Å². The Morgan fingerprint density at radius 3 is 2.73 bits per heavy atom. The molecule has 0 fully saturated rings. The summed E-state index contributed by atoms with van der Waals surface area (Å²) < 4.78 is 3.38. The second-order valence-corrected chi connectivity index (χ2v) is 9.51. The molecule has 10 heteroatoms. The van der Waals surface area contributed by atoms with Gasteiger partial charge in [0.1, 0.15) is 4.83 Å². The summed E-state index contributed by atoms with van der Waals surface area (Å²) in [6.45, 7) is 6.18. The zero-order valence-electron chi connectivity index (χ0n) is 17.1. The molecule has 4 aromatic rings. The second-order valence-electron chi connectivity index (χ2n) is 6.76. The van der Waals surface area contributed by atoms with E-state index in [0.717, 1.165) is 27.5 Å². The van der Waals surface area contributed by atoms with Crippen molar-refractivity contribution in [2.45, 2.75) is 32.5 Å². The van der Waals surface area contributed by atoms with Crippen LogP contribution in [0.2, 0.25) is 0 Å². The van der Waals surface area contributed by atoms with Gasteiger partial charge < -0.3 is 5.32 Å². The van der Waals surface area contributed by atoms with Crippen molar-refractivity contribution in [3.63, 3.8) is 0 Å². The molecule has 7 nitrogen and oxygen atoms in total. The van der Waals surface area contributed by atoms with Crippen molar-refractivity contribution in [1.82, 2.24) is 19.3 Å². The average Bonchev–Trinajstić information content (AvgIpc) is 3.43. The summed E-state index contributed by atoms with van der Waals surface area (Å²) in [6.07, 6.45) is 0. The van der Waals surface area contributed by atoms with Crippen molar-refractivity contribution in [1.29, 1.82) is 0 Å². The number of hydrogen-bond donors (Lipinski definition) is 1. The maximum absolute atomic E-state index is 13.2. The van der Waals surface area contributed by atoms with E-state index < -0.39 is 0 Å². The van der Waals surface area contributed by atoms with E-state index in [4.69, 9.17) is 4.98 Å². The molecule has 0 atom stereocenters. The lowest BCUT2D eigenvalue weighted by Crippen LogP contribution is -2.23. The predicted molar refractivity (Wildman–Crippen MR) is 125 cm³/mol. The summed E-state index contributed by atoms with van der Waals surface area (Å²) in [4.78, 5) is 32.2. The van der Waals surface area contributed by atoms with E-state index in [9.17, 15) is 9.59 Å². The molecule has 1 amide bonds. The molecule has 156 valence electrons. The minimum atomic E-state index is -0.151. The quantitative estimate of drug-likeness (QED) is 0.344.